The molecular weight excluding hydrogens is 192 g/mol. The predicted octanol–water partition coefficient (Wildman–Crippen LogP) is 1.17. The predicted molar refractivity (Wildman–Crippen MR) is 55.5 cm³/mol. The number of primary amides is 1. The summed E-state index contributed by atoms with van der Waals surface area (Å²) in [6.45, 7) is 1.63. The highest BCUT2D eigenvalue weighted by Gasteiger charge is 2.09. The van der Waals surface area contributed by atoms with Gasteiger partial charge in [-0.15, -0.1) is 0 Å². The van der Waals surface area contributed by atoms with Crippen molar-refractivity contribution in [2.24, 2.45) is 5.73 Å². The van der Waals surface area contributed by atoms with Crippen molar-refractivity contribution in [3.63, 3.8) is 0 Å². The Morgan fingerprint density at radius 3 is 2.33 bits per heavy atom. The summed E-state index contributed by atoms with van der Waals surface area (Å²) in [5, 5.41) is 17.8. The lowest BCUT2D eigenvalue weighted by Crippen LogP contribution is -2.13. The third-order valence-electron chi connectivity index (χ3n) is 2.03. The number of amides is 1. The van der Waals surface area contributed by atoms with Gasteiger partial charge in [0.15, 0.2) is 0 Å². The fourth-order valence-corrected chi connectivity index (χ4v) is 1.18. The quantitative estimate of drug-likeness (QED) is 0.557. The van der Waals surface area contributed by atoms with Crippen molar-refractivity contribution >= 4 is 11.5 Å². The van der Waals surface area contributed by atoms with Crippen molar-refractivity contribution in [1.29, 1.82) is 5.26 Å². The largest absolute Gasteiger partial charge is 0.508 e. The maximum absolute atomic E-state index is 10.9. The highest BCUT2D eigenvalue weighted by molar-refractivity contribution is 6.03. The molecule has 1 aromatic carbocycles. The van der Waals surface area contributed by atoms with Crippen molar-refractivity contribution in [2.75, 3.05) is 0 Å². The standard InChI is InChI=1S/C11H10N2O2/c1-7(10(6-12)11(13)15)8-2-4-9(14)5-3-8/h2-5,14H,1H3,(H2,13,15)/b10-7-. The van der Waals surface area contributed by atoms with Crippen molar-refractivity contribution in [3.8, 4) is 11.8 Å². The van der Waals surface area contributed by atoms with Crippen LogP contribution in [0.5, 0.6) is 5.75 Å². The molecule has 0 aliphatic carbocycles. The first-order valence-electron chi connectivity index (χ1n) is 4.26. The maximum Gasteiger partial charge on any atom is 0.259 e. The molecule has 0 saturated carbocycles. The Morgan fingerprint density at radius 1 is 1.40 bits per heavy atom. The van der Waals surface area contributed by atoms with E-state index in [-0.39, 0.29) is 11.3 Å². The first-order chi connectivity index (χ1) is 7.06. The number of carbonyl (C=O) groups excluding carboxylic acids is 1. The molecule has 76 valence electrons. The van der Waals surface area contributed by atoms with Crippen molar-refractivity contribution in [1.82, 2.24) is 0 Å². The Labute approximate surface area is 87.3 Å². The lowest BCUT2D eigenvalue weighted by molar-refractivity contribution is -0.114. The zero-order valence-corrected chi connectivity index (χ0v) is 8.19. The highest BCUT2D eigenvalue weighted by Crippen LogP contribution is 2.20. The van der Waals surface area contributed by atoms with E-state index >= 15 is 0 Å². The van der Waals surface area contributed by atoms with Gasteiger partial charge in [0.05, 0.1) is 0 Å². The van der Waals surface area contributed by atoms with Gasteiger partial charge in [-0.3, -0.25) is 4.79 Å². The monoisotopic (exact) mass is 202 g/mol. The van der Waals surface area contributed by atoms with E-state index in [9.17, 15) is 4.79 Å². The number of rotatable bonds is 2. The van der Waals surface area contributed by atoms with Crippen LogP contribution in [0.4, 0.5) is 0 Å². The summed E-state index contributed by atoms with van der Waals surface area (Å²) in [5.41, 5.74) is 6.17. The molecule has 1 amide bonds. The van der Waals surface area contributed by atoms with Gasteiger partial charge in [0.25, 0.3) is 5.91 Å². The molecule has 0 atom stereocenters. The van der Waals surface area contributed by atoms with Crippen molar-refractivity contribution in [3.05, 3.63) is 35.4 Å². The van der Waals surface area contributed by atoms with Crippen LogP contribution in [0, 0.1) is 11.3 Å². The van der Waals surface area contributed by atoms with Crippen molar-refractivity contribution in [2.45, 2.75) is 6.92 Å². The summed E-state index contributed by atoms with van der Waals surface area (Å²) in [6, 6.07) is 7.95. The van der Waals surface area contributed by atoms with E-state index in [4.69, 9.17) is 16.1 Å². The van der Waals surface area contributed by atoms with Gasteiger partial charge >= 0.3 is 0 Å². The Kier molecular flexibility index (Phi) is 3.09. The third-order valence-corrected chi connectivity index (χ3v) is 2.03. The van der Waals surface area contributed by atoms with Gasteiger partial charge in [-0.05, 0) is 30.2 Å². The average molecular weight is 202 g/mol. The van der Waals surface area contributed by atoms with Crippen LogP contribution in [0.2, 0.25) is 0 Å². The van der Waals surface area contributed by atoms with Gasteiger partial charge in [-0.2, -0.15) is 5.26 Å². The number of carbonyl (C=O) groups is 1. The first-order valence-corrected chi connectivity index (χ1v) is 4.26. The van der Waals surface area contributed by atoms with Crippen LogP contribution in [-0.2, 0) is 4.79 Å². The maximum atomic E-state index is 10.9. The lowest BCUT2D eigenvalue weighted by atomic mass is 10.0. The van der Waals surface area contributed by atoms with Crippen LogP contribution in [-0.4, -0.2) is 11.0 Å². The molecule has 1 rings (SSSR count). The van der Waals surface area contributed by atoms with Crippen LogP contribution in [0.15, 0.2) is 29.8 Å². The van der Waals surface area contributed by atoms with E-state index in [1.807, 2.05) is 0 Å². The summed E-state index contributed by atoms with van der Waals surface area (Å²) < 4.78 is 0. The molecule has 4 nitrogen and oxygen atoms in total. The zero-order chi connectivity index (χ0) is 11.4. The smallest absolute Gasteiger partial charge is 0.259 e. The second-order valence-corrected chi connectivity index (χ2v) is 3.02. The van der Waals surface area contributed by atoms with E-state index in [2.05, 4.69) is 0 Å². The molecule has 0 unspecified atom stereocenters. The molecule has 0 saturated heterocycles. The number of nitrogens with zero attached hydrogens (tertiary/aromatic N) is 1. The van der Waals surface area contributed by atoms with Gasteiger partial charge in [0.2, 0.25) is 0 Å². The van der Waals surface area contributed by atoms with Crippen LogP contribution >= 0.6 is 0 Å². The fourth-order valence-electron chi connectivity index (χ4n) is 1.18. The van der Waals surface area contributed by atoms with E-state index in [0.29, 0.717) is 11.1 Å². The molecule has 1 aromatic rings. The average Bonchev–Trinajstić information content (AvgIpc) is 2.19. The van der Waals surface area contributed by atoms with Crippen LogP contribution < -0.4 is 5.73 Å². The molecule has 0 aliphatic heterocycles. The number of benzene rings is 1. The van der Waals surface area contributed by atoms with Crippen LogP contribution in [0.3, 0.4) is 0 Å². The summed E-state index contributed by atoms with van der Waals surface area (Å²) >= 11 is 0. The number of nitriles is 1. The van der Waals surface area contributed by atoms with Gasteiger partial charge < -0.3 is 10.8 Å². The second kappa shape index (κ2) is 4.29. The number of phenolic OH excluding ortho intramolecular Hbond substituents is 1. The summed E-state index contributed by atoms with van der Waals surface area (Å²) in [5.74, 6) is -0.618. The minimum Gasteiger partial charge on any atom is -0.508 e. The first kappa shape index (κ1) is 10.8. The van der Waals surface area contributed by atoms with Gasteiger partial charge in [0.1, 0.15) is 17.4 Å². The number of hydrogen-bond acceptors (Lipinski definition) is 3. The second-order valence-electron chi connectivity index (χ2n) is 3.02. The number of hydrogen-bond donors (Lipinski definition) is 2. The topological polar surface area (TPSA) is 87.1 Å². The molecule has 4 heteroatoms. The van der Waals surface area contributed by atoms with Gasteiger partial charge in [-0.25, -0.2) is 0 Å². The number of phenols is 1. The van der Waals surface area contributed by atoms with Crippen LogP contribution in [0.25, 0.3) is 5.57 Å². The Hall–Kier alpha value is -2.28. The molecule has 0 bridgehead atoms. The van der Waals surface area contributed by atoms with E-state index in [1.54, 1.807) is 25.1 Å². The minimum atomic E-state index is -0.747. The van der Waals surface area contributed by atoms with E-state index in [0.717, 1.165) is 0 Å². The Morgan fingerprint density at radius 2 is 1.93 bits per heavy atom. The molecule has 15 heavy (non-hydrogen) atoms. The summed E-state index contributed by atoms with van der Waals surface area (Å²) in [7, 11) is 0. The van der Waals surface area contributed by atoms with E-state index in [1.165, 1.54) is 12.1 Å². The Bertz CT molecular complexity index is 452. The SMILES string of the molecule is C/C(=C(\C#N)C(N)=O)c1ccc(O)cc1. The van der Waals surface area contributed by atoms with Crippen LogP contribution in [0.1, 0.15) is 12.5 Å². The van der Waals surface area contributed by atoms with Gasteiger partial charge in [0, 0.05) is 0 Å². The number of aromatic hydroxyl groups is 1. The van der Waals surface area contributed by atoms with E-state index < -0.39 is 5.91 Å². The molecule has 0 fully saturated rings. The highest BCUT2D eigenvalue weighted by atomic mass is 16.3. The molecule has 0 aliphatic rings. The summed E-state index contributed by atoms with van der Waals surface area (Å²) in [6.07, 6.45) is 0. The number of allylic oxidation sites excluding steroid dienone is 1. The summed E-state index contributed by atoms with van der Waals surface area (Å²) in [4.78, 5) is 10.9. The molecule has 3 N–H and O–H groups in total. The molecule has 0 spiro atoms. The fraction of sp³-hybridized carbons (Fsp3) is 0.0909. The Balaban J connectivity index is 3.24. The molecule has 0 aromatic heterocycles. The normalized spacial score (nSPS) is 11.5. The molecular formula is C11H10N2O2. The van der Waals surface area contributed by atoms with Crippen molar-refractivity contribution < 1.29 is 9.90 Å². The lowest BCUT2D eigenvalue weighted by Gasteiger charge is -2.03. The number of nitrogens with two attached hydrogens (primary N) is 1. The third kappa shape index (κ3) is 2.35. The molecule has 0 radical (unpaired) electrons. The zero-order valence-electron chi connectivity index (χ0n) is 8.19. The van der Waals surface area contributed by atoms with Gasteiger partial charge in [-0.1, -0.05) is 12.1 Å². The minimum absolute atomic E-state index is 0.0688. The molecule has 0 heterocycles.